The first-order chi connectivity index (χ1) is 10.4. The molecule has 2 fully saturated rings. The molecular formula is C19H22O3. The van der Waals surface area contributed by atoms with Gasteiger partial charge in [0.1, 0.15) is 11.7 Å². The topological polar surface area (TPSA) is 39.4 Å². The third kappa shape index (κ3) is 1.71. The van der Waals surface area contributed by atoms with Gasteiger partial charge >= 0.3 is 5.97 Å². The van der Waals surface area contributed by atoms with E-state index < -0.39 is 0 Å². The number of benzene rings is 1. The number of hydrogen-bond donors (Lipinski definition) is 0. The molecule has 4 rings (SSSR count). The Balaban J connectivity index is 1.58. The molecular weight excluding hydrogens is 276 g/mol. The summed E-state index contributed by atoms with van der Waals surface area (Å²) in [5.74, 6) is 0.641. The summed E-state index contributed by atoms with van der Waals surface area (Å²) < 4.78 is 11.5. The van der Waals surface area contributed by atoms with Crippen molar-refractivity contribution in [3.8, 4) is 0 Å². The molecule has 116 valence electrons. The van der Waals surface area contributed by atoms with Crippen LogP contribution in [0.3, 0.4) is 0 Å². The van der Waals surface area contributed by atoms with E-state index in [-0.39, 0.29) is 22.9 Å². The minimum Gasteiger partial charge on any atom is -0.456 e. The molecule has 0 saturated heterocycles. The van der Waals surface area contributed by atoms with E-state index in [1.807, 2.05) is 24.3 Å². The molecule has 0 N–H and O–H groups in total. The van der Waals surface area contributed by atoms with Gasteiger partial charge in [0.15, 0.2) is 0 Å². The first-order valence-corrected chi connectivity index (χ1v) is 8.11. The molecule has 0 aliphatic heterocycles. The van der Waals surface area contributed by atoms with Crippen molar-refractivity contribution in [3.05, 3.63) is 36.1 Å². The molecule has 2 saturated carbocycles. The van der Waals surface area contributed by atoms with Crippen LogP contribution < -0.4 is 0 Å². The average Bonchev–Trinajstić information content (AvgIpc) is 3.06. The van der Waals surface area contributed by atoms with E-state index in [0.29, 0.717) is 11.7 Å². The third-order valence-electron chi connectivity index (χ3n) is 6.59. The fourth-order valence-corrected chi connectivity index (χ4v) is 4.58. The minimum absolute atomic E-state index is 0.00182. The van der Waals surface area contributed by atoms with Crippen LogP contribution >= 0.6 is 0 Å². The van der Waals surface area contributed by atoms with Crippen molar-refractivity contribution in [2.45, 2.75) is 46.1 Å². The van der Waals surface area contributed by atoms with Gasteiger partial charge in [-0.2, -0.15) is 0 Å². The van der Waals surface area contributed by atoms with E-state index in [1.165, 1.54) is 6.42 Å². The Kier molecular flexibility index (Phi) is 2.76. The predicted molar refractivity (Wildman–Crippen MR) is 84.6 cm³/mol. The van der Waals surface area contributed by atoms with Crippen LogP contribution in [0.15, 0.2) is 34.7 Å². The number of ether oxygens (including phenoxy) is 1. The highest BCUT2D eigenvalue weighted by atomic mass is 16.6. The van der Waals surface area contributed by atoms with Crippen molar-refractivity contribution < 1.29 is 13.9 Å². The molecule has 2 bridgehead atoms. The summed E-state index contributed by atoms with van der Waals surface area (Å²) in [6, 6.07) is 9.43. The highest BCUT2D eigenvalue weighted by Crippen LogP contribution is 2.66. The van der Waals surface area contributed by atoms with Crippen LogP contribution in [-0.4, -0.2) is 12.1 Å². The lowest BCUT2D eigenvalue weighted by atomic mass is 9.70. The van der Waals surface area contributed by atoms with Crippen molar-refractivity contribution in [3.63, 3.8) is 0 Å². The second-order valence-corrected chi connectivity index (χ2v) is 7.65. The maximum atomic E-state index is 12.5. The van der Waals surface area contributed by atoms with Crippen LogP contribution in [0.2, 0.25) is 0 Å². The van der Waals surface area contributed by atoms with E-state index in [0.717, 1.165) is 23.8 Å². The molecule has 3 unspecified atom stereocenters. The number of furan rings is 1. The van der Waals surface area contributed by atoms with E-state index in [4.69, 9.17) is 9.15 Å². The van der Waals surface area contributed by atoms with Crippen LogP contribution in [0.5, 0.6) is 0 Å². The monoisotopic (exact) mass is 298 g/mol. The van der Waals surface area contributed by atoms with Gasteiger partial charge in [0.2, 0.25) is 5.76 Å². The van der Waals surface area contributed by atoms with Gasteiger partial charge in [-0.25, -0.2) is 4.79 Å². The number of esters is 1. The molecule has 2 aliphatic carbocycles. The largest absolute Gasteiger partial charge is 0.456 e. The summed E-state index contributed by atoms with van der Waals surface area (Å²) in [5.41, 5.74) is 1.06. The van der Waals surface area contributed by atoms with Gasteiger partial charge in [0, 0.05) is 10.8 Å². The maximum Gasteiger partial charge on any atom is 0.374 e. The minimum atomic E-state index is -0.328. The molecule has 0 spiro atoms. The molecule has 0 amide bonds. The van der Waals surface area contributed by atoms with E-state index in [2.05, 4.69) is 20.8 Å². The van der Waals surface area contributed by atoms with E-state index >= 15 is 0 Å². The number of carbonyl (C=O) groups is 1. The summed E-state index contributed by atoms with van der Waals surface area (Å²) >= 11 is 0. The molecule has 1 heterocycles. The van der Waals surface area contributed by atoms with Gasteiger partial charge in [-0.05, 0) is 42.7 Å². The normalized spacial score (nSPS) is 32.5. The molecule has 1 aromatic carbocycles. The summed E-state index contributed by atoms with van der Waals surface area (Å²) in [4.78, 5) is 12.5. The van der Waals surface area contributed by atoms with Crippen molar-refractivity contribution >= 4 is 16.9 Å². The Bertz CT molecular complexity index is 709. The Labute approximate surface area is 130 Å². The summed E-state index contributed by atoms with van der Waals surface area (Å²) in [7, 11) is 0. The number of fused-ring (bicyclic) bond motifs is 3. The number of carbonyl (C=O) groups excluding carboxylic acids is 1. The Hall–Kier alpha value is -1.77. The van der Waals surface area contributed by atoms with Crippen LogP contribution in [-0.2, 0) is 4.74 Å². The number of hydrogen-bond acceptors (Lipinski definition) is 3. The Morgan fingerprint density at radius 2 is 2.05 bits per heavy atom. The average molecular weight is 298 g/mol. The quantitative estimate of drug-likeness (QED) is 0.747. The molecule has 2 aromatic rings. The summed E-state index contributed by atoms with van der Waals surface area (Å²) in [5, 5.41) is 0.939. The zero-order valence-electron chi connectivity index (χ0n) is 13.4. The third-order valence-corrected chi connectivity index (χ3v) is 6.59. The zero-order chi connectivity index (χ0) is 15.5. The second kappa shape index (κ2) is 4.37. The van der Waals surface area contributed by atoms with Crippen molar-refractivity contribution in [2.75, 3.05) is 0 Å². The van der Waals surface area contributed by atoms with Gasteiger partial charge in [-0.1, -0.05) is 39.0 Å². The van der Waals surface area contributed by atoms with Gasteiger partial charge < -0.3 is 9.15 Å². The molecule has 0 radical (unpaired) electrons. The SMILES string of the molecule is CC1(C)C2CCC1(C)C(OC(=O)c1cc3ccccc3o1)C2. The molecule has 3 atom stereocenters. The van der Waals surface area contributed by atoms with Gasteiger partial charge in [-0.15, -0.1) is 0 Å². The van der Waals surface area contributed by atoms with Crippen molar-refractivity contribution in [2.24, 2.45) is 16.7 Å². The predicted octanol–water partition coefficient (Wildman–Crippen LogP) is 4.80. The standard InChI is InChI=1S/C19H22O3/c1-18(2)13-8-9-19(18,3)16(11-13)22-17(20)15-10-12-6-4-5-7-14(12)21-15/h4-7,10,13,16H,8-9,11H2,1-3H3. The maximum absolute atomic E-state index is 12.5. The zero-order valence-corrected chi connectivity index (χ0v) is 13.4. The second-order valence-electron chi connectivity index (χ2n) is 7.65. The van der Waals surface area contributed by atoms with E-state index in [9.17, 15) is 4.79 Å². The first kappa shape index (κ1) is 13.9. The molecule has 22 heavy (non-hydrogen) atoms. The van der Waals surface area contributed by atoms with Crippen LogP contribution in [0.25, 0.3) is 11.0 Å². The smallest absolute Gasteiger partial charge is 0.374 e. The lowest BCUT2D eigenvalue weighted by Crippen LogP contribution is -2.38. The van der Waals surface area contributed by atoms with Gasteiger partial charge in [0.25, 0.3) is 0 Å². The summed E-state index contributed by atoms with van der Waals surface area (Å²) in [6.07, 6.45) is 3.38. The summed E-state index contributed by atoms with van der Waals surface area (Å²) in [6.45, 7) is 6.91. The molecule has 3 heteroatoms. The number of para-hydroxylation sites is 1. The van der Waals surface area contributed by atoms with Gasteiger partial charge in [-0.3, -0.25) is 0 Å². The van der Waals surface area contributed by atoms with Gasteiger partial charge in [0.05, 0.1) is 0 Å². The fraction of sp³-hybridized carbons (Fsp3) is 0.526. The molecule has 2 aliphatic rings. The van der Waals surface area contributed by atoms with Crippen LogP contribution in [0.4, 0.5) is 0 Å². The van der Waals surface area contributed by atoms with E-state index in [1.54, 1.807) is 6.07 Å². The van der Waals surface area contributed by atoms with Crippen LogP contribution in [0, 0.1) is 16.7 Å². The van der Waals surface area contributed by atoms with Crippen molar-refractivity contribution in [1.82, 2.24) is 0 Å². The highest BCUT2D eigenvalue weighted by molar-refractivity contribution is 5.92. The fourth-order valence-electron chi connectivity index (χ4n) is 4.58. The lowest BCUT2D eigenvalue weighted by Gasteiger charge is -2.38. The lowest BCUT2D eigenvalue weighted by molar-refractivity contribution is -0.0263. The van der Waals surface area contributed by atoms with Crippen molar-refractivity contribution in [1.29, 1.82) is 0 Å². The Morgan fingerprint density at radius 3 is 2.68 bits per heavy atom. The Morgan fingerprint density at radius 1 is 1.27 bits per heavy atom. The first-order valence-electron chi connectivity index (χ1n) is 8.11. The van der Waals surface area contributed by atoms with Crippen LogP contribution in [0.1, 0.15) is 50.6 Å². The molecule has 1 aromatic heterocycles. The highest BCUT2D eigenvalue weighted by Gasteiger charge is 2.62. The number of rotatable bonds is 2. The molecule has 3 nitrogen and oxygen atoms in total.